The number of carbonyl (C=O) groups excluding carboxylic acids is 1. The number of rotatable bonds is 40. The van der Waals surface area contributed by atoms with Gasteiger partial charge in [0, 0.05) is 13.0 Å². The maximum atomic E-state index is 12.5. The molecule has 292 valence electrons. The highest BCUT2D eigenvalue weighted by atomic mass is 31.2. The normalized spacial score (nSPS) is 13.6. The molecule has 0 aliphatic carbocycles. The van der Waals surface area contributed by atoms with Crippen LogP contribution in [-0.4, -0.2) is 43.3 Å². The van der Waals surface area contributed by atoms with Crippen molar-refractivity contribution in [2.24, 2.45) is 5.73 Å². The number of nitrogens with two attached hydrogens (primary N) is 1. The molecule has 0 amide bonds. The van der Waals surface area contributed by atoms with Crippen LogP contribution in [0.1, 0.15) is 206 Å². The maximum absolute atomic E-state index is 12.5. The van der Waals surface area contributed by atoms with Crippen molar-refractivity contribution >= 4 is 13.8 Å². The summed E-state index contributed by atoms with van der Waals surface area (Å²) in [6.07, 6.45) is 40.3. The van der Waals surface area contributed by atoms with Gasteiger partial charge in [-0.3, -0.25) is 13.8 Å². The van der Waals surface area contributed by atoms with Crippen LogP contribution < -0.4 is 5.73 Å². The Bertz CT molecular complexity index is 767. The minimum Gasteiger partial charge on any atom is -0.498 e. The Morgan fingerprint density at radius 2 is 1.02 bits per heavy atom. The van der Waals surface area contributed by atoms with E-state index in [9.17, 15) is 14.3 Å². The number of phosphoric acid groups is 1. The first-order valence-corrected chi connectivity index (χ1v) is 22.2. The van der Waals surface area contributed by atoms with Gasteiger partial charge in [-0.05, 0) is 25.3 Å². The Morgan fingerprint density at radius 1 is 0.612 bits per heavy atom. The van der Waals surface area contributed by atoms with Gasteiger partial charge in [0.2, 0.25) is 0 Å². The SMILES string of the molecule is CCCCCCCCCCCCCCCCCC/C=C\OC[C@H](COP(=O)(O)OCCN)OC(=O)CCCCCCCCCCCCCC. The fraction of sp³-hybridized carbons (Fsp3) is 0.925. The molecule has 0 rings (SSSR count). The molecule has 0 bridgehead atoms. The smallest absolute Gasteiger partial charge is 0.472 e. The number of hydrogen-bond donors (Lipinski definition) is 2. The molecule has 9 heteroatoms. The van der Waals surface area contributed by atoms with Crippen molar-refractivity contribution in [1.29, 1.82) is 0 Å². The van der Waals surface area contributed by atoms with Crippen LogP contribution in [0.5, 0.6) is 0 Å². The first kappa shape index (κ1) is 48.1. The highest BCUT2D eigenvalue weighted by Gasteiger charge is 2.25. The number of ether oxygens (including phenoxy) is 2. The average molecular weight is 718 g/mol. The Morgan fingerprint density at radius 3 is 1.45 bits per heavy atom. The maximum Gasteiger partial charge on any atom is 0.472 e. The highest BCUT2D eigenvalue weighted by Crippen LogP contribution is 2.43. The number of carbonyl (C=O) groups is 1. The number of esters is 1. The average Bonchev–Trinajstić information content (AvgIpc) is 3.09. The van der Waals surface area contributed by atoms with E-state index in [1.807, 2.05) is 6.08 Å². The Labute approximate surface area is 303 Å². The quantitative estimate of drug-likeness (QED) is 0.0278. The van der Waals surface area contributed by atoms with Gasteiger partial charge in [-0.15, -0.1) is 0 Å². The molecule has 0 radical (unpaired) electrons. The van der Waals surface area contributed by atoms with Crippen LogP contribution in [0.3, 0.4) is 0 Å². The van der Waals surface area contributed by atoms with Crippen molar-refractivity contribution in [2.45, 2.75) is 213 Å². The van der Waals surface area contributed by atoms with E-state index in [1.54, 1.807) is 6.26 Å². The number of allylic oxidation sites excluding steroid dienone is 1. The van der Waals surface area contributed by atoms with E-state index < -0.39 is 13.9 Å². The molecule has 49 heavy (non-hydrogen) atoms. The van der Waals surface area contributed by atoms with Crippen LogP contribution in [0, 0.1) is 0 Å². The lowest BCUT2D eigenvalue weighted by Crippen LogP contribution is -2.27. The Balaban J connectivity index is 4.04. The Kier molecular flexibility index (Phi) is 37.6. The molecule has 0 aliphatic rings. The van der Waals surface area contributed by atoms with Crippen LogP contribution in [0.25, 0.3) is 0 Å². The number of unbranched alkanes of at least 4 members (excludes halogenated alkanes) is 27. The molecule has 0 aromatic carbocycles. The molecule has 0 saturated carbocycles. The molecule has 0 heterocycles. The molecule has 0 saturated heterocycles. The molecule has 0 aromatic heterocycles. The summed E-state index contributed by atoms with van der Waals surface area (Å²) in [5.41, 5.74) is 5.35. The second-order valence-corrected chi connectivity index (χ2v) is 15.4. The van der Waals surface area contributed by atoms with E-state index in [4.69, 9.17) is 24.3 Å². The summed E-state index contributed by atoms with van der Waals surface area (Å²) < 4.78 is 33.1. The van der Waals surface area contributed by atoms with E-state index in [-0.39, 0.29) is 32.3 Å². The second kappa shape index (κ2) is 38.3. The standard InChI is InChI=1S/C40H80NO7P/c1-3-5-7-9-11-13-15-17-18-19-20-21-22-24-26-28-30-32-35-45-37-39(38-47-49(43,44)46-36-34-41)48-40(42)33-31-29-27-25-23-16-14-12-10-8-6-4-2/h32,35,39H,3-31,33-34,36-38,41H2,1-2H3,(H,43,44)/b35-32-/t39-/m1/s1. The molecule has 0 fully saturated rings. The van der Waals surface area contributed by atoms with Crippen molar-refractivity contribution < 1.29 is 32.8 Å². The zero-order valence-electron chi connectivity index (χ0n) is 32.2. The lowest BCUT2D eigenvalue weighted by Gasteiger charge is -2.19. The van der Waals surface area contributed by atoms with Crippen LogP contribution in [0.4, 0.5) is 0 Å². The van der Waals surface area contributed by atoms with Crippen LogP contribution in [0.2, 0.25) is 0 Å². The summed E-state index contributed by atoms with van der Waals surface area (Å²) >= 11 is 0. The molecule has 1 unspecified atom stereocenters. The summed E-state index contributed by atoms with van der Waals surface area (Å²) in [5.74, 6) is -0.350. The van der Waals surface area contributed by atoms with Crippen molar-refractivity contribution in [3.8, 4) is 0 Å². The largest absolute Gasteiger partial charge is 0.498 e. The highest BCUT2D eigenvalue weighted by molar-refractivity contribution is 7.47. The molecule has 0 aliphatic heterocycles. The summed E-state index contributed by atoms with van der Waals surface area (Å²) in [6.45, 7) is 4.26. The van der Waals surface area contributed by atoms with Crippen molar-refractivity contribution in [3.05, 3.63) is 12.3 Å². The predicted octanol–water partition coefficient (Wildman–Crippen LogP) is 12.3. The van der Waals surface area contributed by atoms with Gasteiger partial charge < -0.3 is 20.1 Å². The van der Waals surface area contributed by atoms with Gasteiger partial charge in [0.15, 0.2) is 6.10 Å². The van der Waals surface area contributed by atoms with Gasteiger partial charge in [-0.1, -0.05) is 181 Å². The molecular weight excluding hydrogens is 637 g/mol. The van der Waals surface area contributed by atoms with E-state index in [2.05, 4.69) is 13.8 Å². The number of hydrogen-bond acceptors (Lipinski definition) is 7. The lowest BCUT2D eigenvalue weighted by atomic mass is 10.0. The molecule has 0 aromatic rings. The van der Waals surface area contributed by atoms with Crippen molar-refractivity contribution in [1.82, 2.24) is 0 Å². The fourth-order valence-electron chi connectivity index (χ4n) is 5.96. The summed E-state index contributed by atoms with van der Waals surface area (Å²) in [7, 11) is -4.28. The summed E-state index contributed by atoms with van der Waals surface area (Å²) in [6, 6.07) is 0. The van der Waals surface area contributed by atoms with Gasteiger partial charge in [0.1, 0.15) is 6.61 Å². The van der Waals surface area contributed by atoms with Gasteiger partial charge in [0.25, 0.3) is 0 Å². The van der Waals surface area contributed by atoms with E-state index in [0.29, 0.717) is 6.42 Å². The second-order valence-electron chi connectivity index (χ2n) is 13.9. The molecule has 2 atom stereocenters. The van der Waals surface area contributed by atoms with Gasteiger partial charge >= 0.3 is 13.8 Å². The van der Waals surface area contributed by atoms with Crippen LogP contribution >= 0.6 is 7.82 Å². The summed E-state index contributed by atoms with van der Waals surface area (Å²) in [5, 5.41) is 0. The minimum atomic E-state index is -4.28. The van der Waals surface area contributed by atoms with E-state index >= 15 is 0 Å². The molecule has 8 nitrogen and oxygen atoms in total. The third kappa shape index (κ3) is 38.1. The van der Waals surface area contributed by atoms with Crippen molar-refractivity contribution in [2.75, 3.05) is 26.4 Å². The predicted molar refractivity (Wildman–Crippen MR) is 206 cm³/mol. The monoisotopic (exact) mass is 718 g/mol. The lowest BCUT2D eigenvalue weighted by molar-refractivity contribution is -0.153. The van der Waals surface area contributed by atoms with Crippen molar-refractivity contribution in [3.63, 3.8) is 0 Å². The zero-order valence-corrected chi connectivity index (χ0v) is 33.1. The first-order valence-electron chi connectivity index (χ1n) is 20.7. The Hall–Kier alpha value is -0.920. The van der Waals surface area contributed by atoms with Gasteiger partial charge in [-0.2, -0.15) is 0 Å². The number of phosphoric ester groups is 1. The summed E-state index contributed by atoms with van der Waals surface area (Å²) in [4.78, 5) is 22.4. The van der Waals surface area contributed by atoms with Crippen LogP contribution in [0.15, 0.2) is 12.3 Å². The molecular formula is C40H80NO7P. The minimum absolute atomic E-state index is 0.0382. The van der Waals surface area contributed by atoms with Gasteiger partial charge in [0.05, 0.1) is 19.5 Å². The van der Waals surface area contributed by atoms with E-state index in [0.717, 1.165) is 32.1 Å². The molecule has 3 N–H and O–H groups in total. The zero-order chi connectivity index (χ0) is 35.9. The third-order valence-electron chi connectivity index (χ3n) is 9.03. The van der Waals surface area contributed by atoms with Gasteiger partial charge in [-0.25, -0.2) is 4.57 Å². The third-order valence-corrected chi connectivity index (χ3v) is 10.0. The topological polar surface area (TPSA) is 117 Å². The van der Waals surface area contributed by atoms with E-state index in [1.165, 1.54) is 154 Å². The molecule has 0 spiro atoms. The fourth-order valence-corrected chi connectivity index (χ4v) is 6.73. The van der Waals surface area contributed by atoms with Crippen LogP contribution in [-0.2, 0) is 27.9 Å². The first-order chi connectivity index (χ1) is 23.9.